The lowest BCUT2D eigenvalue weighted by Gasteiger charge is -2.31. The summed E-state index contributed by atoms with van der Waals surface area (Å²) < 4.78 is 45.6. The molecule has 6 nitrogen and oxygen atoms in total. The minimum absolute atomic E-state index is 0.137. The van der Waals surface area contributed by atoms with Crippen molar-refractivity contribution in [3.8, 4) is 11.5 Å². The summed E-state index contributed by atoms with van der Waals surface area (Å²) in [6.45, 7) is 5.00. The van der Waals surface area contributed by atoms with Crippen molar-refractivity contribution in [2.45, 2.75) is 44.5 Å². The van der Waals surface area contributed by atoms with Gasteiger partial charge in [-0.25, -0.2) is 13.6 Å². The molecule has 2 aromatic rings. The monoisotopic (exact) mass is 433 g/mol. The highest BCUT2D eigenvalue weighted by Gasteiger charge is 2.54. The second-order valence-electron chi connectivity index (χ2n) is 8.36. The molecule has 0 saturated heterocycles. The zero-order chi connectivity index (χ0) is 23.0. The molecule has 1 aliphatic carbocycles. The van der Waals surface area contributed by atoms with Crippen LogP contribution in [0.1, 0.15) is 48.3 Å². The van der Waals surface area contributed by atoms with E-state index in [0.717, 1.165) is 12.1 Å². The van der Waals surface area contributed by atoms with Gasteiger partial charge in [0.25, 0.3) is 0 Å². The van der Waals surface area contributed by atoms with Crippen LogP contribution in [0.5, 0.6) is 11.5 Å². The number of Topliss-reactive ketones (excluding diaryl/α,β-unsaturated/α-hetero) is 1. The van der Waals surface area contributed by atoms with Crippen LogP contribution in [-0.4, -0.2) is 37.4 Å². The van der Waals surface area contributed by atoms with Gasteiger partial charge in [0.1, 0.15) is 11.4 Å². The number of carbonyl (C=O) groups is 2. The lowest BCUT2D eigenvalue weighted by Crippen LogP contribution is -2.48. The largest absolute Gasteiger partial charge is 0.493 e. The zero-order valence-electron chi connectivity index (χ0n) is 18.0. The van der Waals surface area contributed by atoms with Crippen molar-refractivity contribution in [2.24, 2.45) is 0 Å². The van der Waals surface area contributed by atoms with Crippen LogP contribution in [0.25, 0.3) is 0 Å². The Kier molecular flexibility index (Phi) is 5.93. The van der Waals surface area contributed by atoms with E-state index in [-0.39, 0.29) is 23.3 Å². The molecule has 2 atom stereocenters. The molecule has 0 aromatic heterocycles. The average molecular weight is 433 g/mol. The zero-order valence-corrected chi connectivity index (χ0v) is 18.0. The standard InChI is InChI=1S/C23H25F2NO5/c1-22(2,3)31-21(28)26-19(13-6-8-15(24)9-7-13)23(25)12-14-10-17(29-4)18(30-5)11-16(14)20(23)27/h6-11,19H,12H2,1-5H3,(H,26,28)/t19-,23-/m0/s1. The molecule has 1 aliphatic rings. The second kappa shape index (κ2) is 8.17. The molecule has 2 aromatic carbocycles. The number of fused-ring (bicyclic) bond motifs is 1. The molecule has 31 heavy (non-hydrogen) atoms. The van der Waals surface area contributed by atoms with Gasteiger partial charge in [-0.2, -0.15) is 0 Å². The summed E-state index contributed by atoms with van der Waals surface area (Å²) in [6, 6.07) is 6.50. The van der Waals surface area contributed by atoms with Crippen molar-refractivity contribution in [3.63, 3.8) is 0 Å². The number of hydrogen-bond donors (Lipinski definition) is 1. The molecule has 1 amide bonds. The lowest BCUT2D eigenvalue weighted by atomic mass is 9.86. The van der Waals surface area contributed by atoms with Crippen LogP contribution >= 0.6 is 0 Å². The number of rotatable bonds is 5. The number of methoxy groups -OCH3 is 2. The molecule has 0 saturated carbocycles. The summed E-state index contributed by atoms with van der Waals surface area (Å²) in [5.41, 5.74) is -2.56. The lowest BCUT2D eigenvalue weighted by molar-refractivity contribution is 0.0372. The highest BCUT2D eigenvalue weighted by molar-refractivity contribution is 6.08. The van der Waals surface area contributed by atoms with Gasteiger partial charge in [-0.15, -0.1) is 0 Å². The predicted octanol–water partition coefficient (Wildman–Crippen LogP) is 4.56. The smallest absolute Gasteiger partial charge is 0.408 e. The maximum atomic E-state index is 16.4. The van der Waals surface area contributed by atoms with Crippen LogP contribution in [0.4, 0.5) is 13.6 Å². The van der Waals surface area contributed by atoms with Crippen LogP contribution < -0.4 is 14.8 Å². The van der Waals surface area contributed by atoms with E-state index in [1.807, 2.05) is 0 Å². The summed E-state index contributed by atoms with van der Waals surface area (Å²) >= 11 is 0. The third-order valence-corrected chi connectivity index (χ3v) is 5.00. The summed E-state index contributed by atoms with van der Waals surface area (Å²) in [6.07, 6.45) is -1.20. The van der Waals surface area contributed by atoms with Gasteiger partial charge in [0.2, 0.25) is 11.5 Å². The molecule has 0 aliphatic heterocycles. The fourth-order valence-electron chi connectivity index (χ4n) is 3.64. The summed E-state index contributed by atoms with van der Waals surface area (Å²) in [4.78, 5) is 25.7. The molecule has 0 fully saturated rings. The number of alkyl carbamates (subject to hydrolysis) is 1. The molecular weight excluding hydrogens is 408 g/mol. The van der Waals surface area contributed by atoms with E-state index in [0.29, 0.717) is 11.3 Å². The number of alkyl halides is 1. The first-order valence-electron chi connectivity index (χ1n) is 9.72. The van der Waals surface area contributed by atoms with Gasteiger partial charge < -0.3 is 19.5 Å². The number of ether oxygens (including phenoxy) is 3. The maximum Gasteiger partial charge on any atom is 0.408 e. The Morgan fingerprint density at radius 2 is 1.68 bits per heavy atom. The van der Waals surface area contributed by atoms with Gasteiger partial charge in [0.05, 0.1) is 20.3 Å². The van der Waals surface area contributed by atoms with Crippen molar-refractivity contribution >= 4 is 11.9 Å². The van der Waals surface area contributed by atoms with Crippen LogP contribution in [0.2, 0.25) is 0 Å². The second-order valence-corrected chi connectivity index (χ2v) is 8.36. The van der Waals surface area contributed by atoms with Gasteiger partial charge in [-0.1, -0.05) is 12.1 Å². The van der Waals surface area contributed by atoms with Crippen LogP contribution in [0.3, 0.4) is 0 Å². The van der Waals surface area contributed by atoms with Crippen LogP contribution in [0, 0.1) is 5.82 Å². The first-order valence-corrected chi connectivity index (χ1v) is 9.72. The van der Waals surface area contributed by atoms with E-state index in [2.05, 4.69) is 5.32 Å². The SMILES string of the molecule is COc1cc2c(cc1OC)C(=O)[C@@](F)([C@@H](NC(=O)OC(C)(C)C)c1ccc(F)cc1)C2. The fraction of sp³-hybridized carbons (Fsp3) is 0.391. The molecule has 1 N–H and O–H groups in total. The van der Waals surface area contributed by atoms with Crippen molar-refractivity contribution in [1.82, 2.24) is 5.32 Å². The molecule has 3 rings (SSSR count). The minimum atomic E-state index is -2.52. The first kappa shape index (κ1) is 22.5. The average Bonchev–Trinajstić information content (AvgIpc) is 2.95. The number of ketones is 1. The topological polar surface area (TPSA) is 73.9 Å². The molecular formula is C23H25F2NO5. The Balaban J connectivity index is 2.04. The number of nitrogens with one attached hydrogen (secondary N) is 1. The number of halogens is 2. The third kappa shape index (κ3) is 4.47. The number of amides is 1. The number of carbonyl (C=O) groups excluding carboxylic acids is 2. The van der Waals surface area contributed by atoms with E-state index in [1.54, 1.807) is 26.8 Å². The fourth-order valence-corrected chi connectivity index (χ4v) is 3.64. The van der Waals surface area contributed by atoms with Gasteiger partial charge >= 0.3 is 6.09 Å². The Labute approximate surface area is 179 Å². The van der Waals surface area contributed by atoms with E-state index in [4.69, 9.17) is 14.2 Å². The molecule has 166 valence electrons. The van der Waals surface area contributed by atoms with Crippen molar-refractivity contribution in [3.05, 3.63) is 58.9 Å². The molecule has 8 heteroatoms. The Morgan fingerprint density at radius 1 is 1.10 bits per heavy atom. The number of benzene rings is 2. The molecule has 0 heterocycles. The Bertz CT molecular complexity index is 1000. The highest BCUT2D eigenvalue weighted by Crippen LogP contribution is 2.45. The van der Waals surface area contributed by atoms with Crippen molar-refractivity contribution in [1.29, 1.82) is 0 Å². The van der Waals surface area contributed by atoms with Gasteiger partial charge in [-0.3, -0.25) is 4.79 Å². The molecule has 0 unspecified atom stereocenters. The number of hydrogen-bond acceptors (Lipinski definition) is 5. The van der Waals surface area contributed by atoms with E-state index < -0.39 is 35.0 Å². The van der Waals surface area contributed by atoms with E-state index in [1.165, 1.54) is 32.4 Å². The first-order chi connectivity index (χ1) is 14.5. The highest BCUT2D eigenvalue weighted by atomic mass is 19.1. The maximum absolute atomic E-state index is 16.4. The van der Waals surface area contributed by atoms with Gasteiger partial charge in [-0.05, 0) is 56.2 Å². The van der Waals surface area contributed by atoms with Gasteiger partial charge in [0, 0.05) is 12.0 Å². The van der Waals surface area contributed by atoms with Crippen LogP contribution in [0.15, 0.2) is 36.4 Å². The summed E-state index contributed by atoms with van der Waals surface area (Å²) in [5.74, 6) is -0.689. The minimum Gasteiger partial charge on any atom is -0.493 e. The summed E-state index contributed by atoms with van der Waals surface area (Å²) in [5, 5.41) is 2.47. The van der Waals surface area contributed by atoms with E-state index in [9.17, 15) is 14.0 Å². The van der Waals surface area contributed by atoms with Crippen molar-refractivity contribution in [2.75, 3.05) is 14.2 Å². The van der Waals surface area contributed by atoms with Gasteiger partial charge in [0.15, 0.2) is 11.5 Å². The molecule has 0 radical (unpaired) electrons. The van der Waals surface area contributed by atoms with Crippen LogP contribution in [-0.2, 0) is 11.2 Å². The molecule has 0 spiro atoms. The molecule has 0 bridgehead atoms. The predicted molar refractivity (Wildman–Crippen MR) is 110 cm³/mol. The third-order valence-electron chi connectivity index (χ3n) is 5.00. The van der Waals surface area contributed by atoms with Crippen molar-refractivity contribution < 1.29 is 32.6 Å². The van der Waals surface area contributed by atoms with E-state index >= 15 is 4.39 Å². The Morgan fingerprint density at radius 3 is 2.23 bits per heavy atom. The Hall–Kier alpha value is -3.16. The summed E-state index contributed by atoms with van der Waals surface area (Å²) in [7, 11) is 2.85. The quantitative estimate of drug-likeness (QED) is 0.749. The normalized spacial score (nSPS) is 18.9.